The summed E-state index contributed by atoms with van der Waals surface area (Å²) in [5.74, 6) is -0.0995. The number of carbonyl (C=O) groups is 1. The summed E-state index contributed by atoms with van der Waals surface area (Å²) in [5, 5.41) is 10.3. The maximum absolute atomic E-state index is 12.5. The Morgan fingerprint density at radius 2 is 2.10 bits per heavy atom. The van der Waals surface area contributed by atoms with Gasteiger partial charge < -0.3 is 10.0 Å². The van der Waals surface area contributed by atoms with Gasteiger partial charge in [-0.25, -0.2) is 4.98 Å². The number of aromatic nitrogens is 1. The molecule has 20 heavy (non-hydrogen) atoms. The standard InChI is InChI=1S/C15H21ClN2O2/c1-14(2,3)11-7-10(8-12(16)17-11)13(19)18-6-5-15(4,20)9-18/h7-8,20H,5-6,9H2,1-4H3. The van der Waals surface area contributed by atoms with E-state index in [-0.39, 0.29) is 11.3 Å². The van der Waals surface area contributed by atoms with Crippen molar-refractivity contribution >= 4 is 17.5 Å². The fourth-order valence-electron chi connectivity index (χ4n) is 2.31. The fourth-order valence-corrected chi connectivity index (χ4v) is 2.51. The van der Waals surface area contributed by atoms with E-state index in [4.69, 9.17) is 11.6 Å². The molecule has 0 radical (unpaired) electrons. The number of nitrogens with zero attached hydrogens (tertiary/aromatic N) is 2. The number of hydrogen-bond acceptors (Lipinski definition) is 3. The van der Waals surface area contributed by atoms with Crippen LogP contribution in [0.15, 0.2) is 12.1 Å². The SMILES string of the molecule is CC1(O)CCN(C(=O)c2cc(Cl)nc(C(C)(C)C)c2)C1. The van der Waals surface area contributed by atoms with E-state index in [9.17, 15) is 9.90 Å². The van der Waals surface area contributed by atoms with Crippen molar-refractivity contribution in [1.29, 1.82) is 0 Å². The molecule has 2 heterocycles. The predicted molar refractivity (Wildman–Crippen MR) is 79.1 cm³/mol. The highest BCUT2D eigenvalue weighted by Crippen LogP contribution is 2.26. The molecule has 1 unspecified atom stereocenters. The van der Waals surface area contributed by atoms with E-state index in [1.165, 1.54) is 0 Å². The van der Waals surface area contributed by atoms with Gasteiger partial charge in [-0.2, -0.15) is 0 Å². The quantitative estimate of drug-likeness (QED) is 0.811. The second-order valence-corrected chi connectivity index (χ2v) is 7.17. The van der Waals surface area contributed by atoms with Crippen molar-refractivity contribution in [1.82, 2.24) is 9.88 Å². The van der Waals surface area contributed by atoms with Crippen LogP contribution in [0.25, 0.3) is 0 Å². The Kier molecular flexibility index (Phi) is 3.82. The molecule has 1 amide bonds. The summed E-state index contributed by atoms with van der Waals surface area (Å²) < 4.78 is 0. The molecule has 4 nitrogen and oxygen atoms in total. The van der Waals surface area contributed by atoms with Crippen molar-refractivity contribution in [2.45, 2.75) is 45.1 Å². The van der Waals surface area contributed by atoms with Gasteiger partial charge >= 0.3 is 0 Å². The van der Waals surface area contributed by atoms with Gasteiger partial charge in [0.05, 0.1) is 5.60 Å². The minimum atomic E-state index is -0.792. The number of carbonyl (C=O) groups excluding carboxylic acids is 1. The highest BCUT2D eigenvalue weighted by Gasteiger charge is 2.34. The molecule has 1 N–H and O–H groups in total. The second-order valence-electron chi connectivity index (χ2n) is 6.79. The first kappa shape index (κ1) is 15.3. The molecule has 0 aliphatic carbocycles. The van der Waals surface area contributed by atoms with E-state index >= 15 is 0 Å². The molecule has 1 aromatic rings. The summed E-state index contributed by atoms with van der Waals surface area (Å²) in [6.45, 7) is 8.76. The molecule has 0 saturated carbocycles. The maximum atomic E-state index is 12.5. The Hall–Kier alpha value is -1.13. The number of amides is 1. The molecule has 5 heteroatoms. The monoisotopic (exact) mass is 296 g/mol. The van der Waals surface area contributed by atoms with Crippen molar-refractivity contribution in [3.8, 4) is 0 Å². The van der Waals surface area contributed by atoms with Gasteiger partial charge in [-0.15, -0.1) is 0 Å². The van der Waals surface area contributed by atoms with Gasteiger partial charge in [-0.05, 0) is 25.5 Å². The Labute approximate surface area is 124 Å². The van der Waals surface area contributed by atoms with Crippen LogP contribution in [-0.2, 0) is 5.41 Å². The van der Waals surface area contributed by atoms with Crippen molar-refractivity contribution in [3.05, 3.63) is 28.5 Å². The van der Waals surface area contributed by atoms with Gasteiger partial charge in [-0.3, -0.25) is 4.79 Å². The predicted octanol–water partition coefficient (Wildman–Crippen LogP) is 2.63. The summed E-state index contributed by atoms with van der Waals surface area (Å²) in [6, 6.07) is 3.38. The van der Waals surface area contributed by atoms with Crippen molar-refractivity contribution in [3.63, 3.8) is 0 Å². The van der Waals surface area contributed by atoms with Gasteiger partial charge in [0.2, 0.25) is 0 Å². The molecular formula is C15H21ClN2O2. The third-order valence-electron chi connectivity index (χ3n) is 3.55. The van der Waals surface area contributed by atoms with Crippen LogP contribution in [0.4, 0.5) is 0 Å². The first-order valence-electron chi connectivity index (χ1n) is 6.78. The van der Waals surface area contributed by atoms with Crippen LogP contribution in [0, 0.1) is 0 Å². The molecule has 0 spiro atoms. The molecule has 1 aliphatic rings. The molecule has 2 rings (SSSR count). The van der Waals surface area contributed by atoms with Crippen LogP contribution in [0.1, 0.15) is 50.2 Å². The van der Waals surface area contributed by atoms with Crippen LogP contribution in [0.3, 0.4) is 0 Å². The molecule has 110 valence electrons. The van der Waals surface area contributed by atoms with E-state index in [0.29, 0.717) is 30.2 Å². The lowest BCUT2D eigenvalue weighted by Crippen LogP contribution is -2.34. The summed E-state index contributed by atoms with van der Waals surface area (Å²) in [6.07, 6.45) is 0.601. The third-order valence-corrected chi connectivity index (χ3v) is 3.74. The normalized spacial score (nSPS) is 23.2. The number of hydrogen-bond donors (Lipinski definition) is 1. The number of pyridine rings is 1. The summed E-state index contributed by atoms with van der Waals surface area (Å²) in [7, 11) is 0. The van der Waals surface area contributed by atoms with E-state index in [2.05, 4.69) is 4.98 Å². The van der Waals surface area contributed by atoms with Gasteiger partial charge in [0.25, 0.3) is 5.91 Å². The van der Waals surface area contributed by atoms with E-state index in [1.807, 2.05) is 20.8 Å². The Bertz CT molecular complexity index is 535. The van der Waals surface area contributed by atoms with Crippen LogP contribution in [0.2, 0.25) is 5.15 Å². The largest absolute Gasteiger partial charge is 0.388 e. The molecule has 0 bridgehead atoms. The first-order valence-corrected chi connectivity index (χ1v) is 7.16. The van der Waals surface area contributed by atoms with Crippen molar-refractivity contribution in [2.75, 3.05) is 13.1 Å². The second kappa shape index (κ2) is 5.01. The minimum absolute atomic E-state index is 0.0995. The third kappa shape index (κ3) is 3.30. The van der Waals surface area contributed by atoms with Crippen molar-refractivity contribution < 1.29 is 9.90 Å². The molecule has 1 atom stereocenters. The summed E-state index contributed by atoms with van der Waals surface area (Å²) in [4.78, 5) is 18.4. The average molecular weight is 297 g/mol. The number of β-amino-alcohol motifs (C(OH)–C–C–N with tert-alkyl or cyclic N) is 1. The maximum Gasteiger partial charge on any atom is 0.254 e. The minimum Gasteiger partial charge on any atom is -0.388 e. The lowest BCUT2D eigenvalue weighted by molar-refractivity contribution is 0.0572. The molecule has 1 aliphatic heterocycles. The van der Waals surface area contributed by atoms with Gasteiger partial charge in [0.15, 0.2) is 0 Å². The molecule has 1 saturated heterocycles. The number of aliphatic hydroxyl groups is 1. The van der Waals surface area contributed by atoms with Gasteiger partial charge in [0.1, 0.15) is 5.15 Å². The highest BCUT2D eigenvalue weighted by molar-refractivity contribution is 6.29. The zero-order chi connectivity index (χ0) is 15.1. The Balaban J connectivity index is 2.29. The number of halogens is 1. The zero-order valence-corrected chi connectivity index (χ0v) is 13.2. The van der Waals surface area contributed by atoms with Crippen LogP contribution < -0.4 is 0 Å². The van der Waals surface area contributed by atoms with Gasteiger partial charge in [-0.1, -0.05) is 32.4 Å². The average Bonchev–Trinajstić information content (AvgIpc) is 2.67. The fraction of sp³-hybridized carbons (Fsp3) is 0.600. The summed E-state index contributed by atoms with van der Waals surface area (Å²) >= 11 is 6.03. The van der Waals surface area contributed by atoms with E-state index in [1.54, 1.807) is 24.0 Å². The first-order chi connectivity index (χ1) is 9.08. The van der Waals surface area contributed by atoms with Crippen LogP contribution in [0.5, 0.6) is 0 Å². The van der Waals surface area contributed by atoms with E-state index < -0.39 is 5.60 Å². The van der Waals surface area contributed by atoms with Crippen LogP contribution in [-0.4, -0.2) is 39.6 Å². The number of rotatable bonds is 1. The van der Waals surface area contributed by atoms with Crippen molar-refractivity contribution in [2.24, 2.45) is 0 Å². The molecule has 0 aromatic carbocycles. The Morgan fingerprint density at radius 1 is 1.45 bits per heavy atom. The molecule has 1 fully saturated rings. The number of likely N-dealkylation sites (tertiary alicyclic amines) is 1. The summed E-state index contributed by atoms with van der Waals surface area (Å²) in [5.41, 5.74) is 0.363. The Morgan fingerprint density at radius 3 is 2.60 bits per heavy atom. The smallest absolute Gasteiger partial charge is 0.254 e. The van der Waals surface area contributed by atoms with Crippen LogP contribution >= 0.6 is 11.6 Å². The highest BCUT2D eigenvalue weighted by atomic mass is 35.5. The van der Waals surface area contributed by atoms with Gasteiger partial charge in [0, 0.05) is 29.8 Å². The topological polar surface area (TPSA) is 53.4 Å². The lowest BCUT2D eigenvalue weighted by atomic mass is 9.91. The lowest BCUT2D eigenvalue weighted by Gasteiger charge is -2.21. The molecular weight excluding hydrogens is 276 g/mol. The van der Waals surface area contributed by atoms with E-state index in [0.717, 1.165) is 5.69 Å². The molecule has 1 aromatic heterocycles. The zero-order valence-electron chi connectivity index (χ0n) is 12.4.